The van der Waals surface area contributed by atoms with E-state index >= 15 is 0 Å². The number of rotatable bonds is 20. The molecular weight excluding hydrogens is 1570 g/mol. The quantitative estimate of drug-likeness (QED) is 0.0757. The van der Waals surface area contributed by atoms with Crippen LogP contribution in [0, 0.1) is 27.7 Å². The van der Waals surface area contributed by atoms with E-state index in [1.807, 2.05) is 149 Å². The van der Waals surface area contributed by atoms with Crippen molar-refractivity contribution in [3.05, 3.63) is 484 Å². The van der Waals surface area contributed by atoms with Crippen LogP contribution in [0.4, 0.5) is 0 Å². The van der Waals surface area contributed by atoms with Gasteiger partial charge in [0.15, 0.2) is 5.82 Å². The molecule has 21 aromatic rings. The predicted molar refractivity (Wildman–Crippen MR) is 541 cm³/mol. The van der Waals surface area contributed by atoms with Crippen molar-refractivity contribution in [3.8, 4) is 223 Å². The number of nitrogens with zero attached hydrogens (tertiary/aromatic N) is 6. The van der Waals surface area contributed by atoms with Crippen LogP contribution in [0.2, 0.25) is 0 Å². The predicted octanol–water partition coefficient (Wildman–Crippen LogP) is 32.6. The standard InChI is InChI=1S/C124H88N6/c1-81-67-119(127-77-115(81)85-27-9-5-10-28-85)93-53-45-89(46-54-93)105-35-17-21-39-109(105)99-71-100(110-40-22-18-36-106(110)90-47-55-94(56-48-90)120-68-82(2)116(78-128-120)86-29-11-6-12-30-86)74-103(73-99)113-43-25-44-114(123(113)97-61-63-98(64-62-97)124-125-65-26-66-126-124)104-75-101(111-41-23-19-37-107(111)91-49-57-95(58-50-91)121-69-83(3)117(79-129-121)87-31-13-7-14-32-87)72-102(76-104)112-42-24-20-38-108(112)92-51-59-96(60-52-92)122-70-84(4)118(80-130-122)88-33-15-8-16-34-88/h5-80H,1-4H3/i5D,6D,7D,8D,9D,10D,11D,12D,13D,14D,15D,16D,27D,28D,29D,30D,31D,32D,33D,34D. The molecule has 0 atom stereocenters. The number of hydrogen-bond donors (Lipinski definition) is 0. The van der Waals surface area contributed by atoms with Crippen LogP contribution in [0.1, 0.15) is 49.7 Å². The van der Waals surface area contributed by atoms with Crippen LogP contribution < -0.4 is 0 Å². The lowest BCUT2D eigenvalue weighted by Crippen LogP contribution is -1.95. The van der Waals surface area contributed by atoms with E-state index in [9.17, 15) is 0 Å². The SMILES string of the molecule is [2H]c1c([2H])c([2H])c(-c2cnc(-c3ccc(-c4ccccc4-c4cc(-c5ccccc5-c5ccc(-c6cc(C)c(-c7c([2H])c([2H])c([2H])c([2H])c7[2H])cn6)cc5)cc(-c5cccc(-c6cc(-c7ccccc7-c7ccc(-c8cc(C)c(-c9c([2H])c([2H])c([2H])c([2H])c9[2H])cn8)cc7)cc(-c7ccccc7-c7ccc(-c8cc(C)c(-c9c([2H])c([2H])c([2H])c([2H])c9[2H])cn8)cc7)c6)c5-c5ccc(-c6ncccn6)cc5)c4)cc3)cc2C)c([2H])c1[2H]. The zero-order chi connectivity index (χ0) is 105. The summed E-state index contributed by atoms with van der Waals surface area (Å²) in [6.45, 7) is 7.38. The second-order valence-electron chi connectivity index (χ2n) is 32.0. The Labute approximate surface area is 787 Å². The molecule has 6 nitrogen and oxygen atoms in total. The smallest absolute Gasteiger partial charge is 0.159 e. The summed E-state index contributed by atoms with van der Waals surface area (Å²) in [6.07, 6.45) is 9.75. The van der Waals surface area contributed by atoms with Gasteiger partial charge in [-0.1, -0.05) is 357 Å². The van der Waals surface area contributed by atoms with Crippen molar-refractivity contribution in [1.29, 1.82) is 0 Å². The normalized spacial score (nSPS) is 13.4. The Hall–Kier alpha value is -16.8. The fraction of sp³-hybridized carbons (Fsp3) is 0.0323. The lowest BCUT2D eigenvalue weighted by molar-refractivity contribution is 1.18. The Morgan fingerprint density at radius 1 is 0.162 bits per heavy atom. The highest BCUT2D eigenvalue weighted by atomic mass is 14.8. The number of pyridine rings is 4. The minimum absolute atomic E-state index is 0.0784. The molecule has 0 N–H and O–H groups in total. The molecule has 5 aromatic heterocycles. The Morgan fingerprint density at radius 2 is 0.369 bits per heavy atom. The molecule has 0 amide bonds. The van der Waals surface area contributed by atoms with E-state index in [0.717, 1.165) is 150 Å². The molecule has 0 unspecified atom stereocenters. The van der Waals surface area contributed by atoms with Crippen LogP contribution >= 0.6 is 0 Å². The van der Waals surface area contributed by atoms with Gasteiger partial charge in [-0.25, -0.2) is 9.97 Å². The van der Waals surface area contributed by atoms with Crippen LogP contribution in [-0.4, -0.2) is 29.9 Å². The van der Waals surface area contributed by atoms with Crippen molar-refractivity contribution in [2.24, 2.45) is 0 Å². The van der Waals surface area contributed by atoms with Crippen molar-refractivity contribution in [3.63, 3.8) is 0 Å². The third kappa shape index (κ3) is 16.4. The molecule has 21 rings (SSSR count). The molecule has 5 heterocycles. The lowest BCUT2D eigenvalue weighted by atomic mass is 9.82. The summed E-state index contributed by atoms with van der Waals surface area (Å²) in [7, 11) is 0. The van der Waals surface area contributed by atoms with Gasteiger partial charge in [-0.3, -0.25) is 19.9 Å². The summed E-state index contributed by atoms with van der Waals surface area (Å²) in [4.78, 5) is 28.8. The fourth-order valence-electron chi connectivity index (χ4n) is 17.4. The molecule has 0 aliphatic carbocycles. The third-order valence-corrected chi connectivity index (χ3v) is 24.0. The first kappa shape index (κ1) is 60.7. The summed E-state index contributed by atoms with van der Waals surface area (Å²) in [6, 6.07) is 96.0. The second-order valence-corrected chi connectivity index (χ2v) is 32.0. The van der Waals surface area contributed by atoms with E-state index in [-0.39, 0.29) is 70.6 Å². The first-order valence-corrected chi connectivity index (χ1v) is 42.6. The molecular formula is C124H88N6. The summed E-state index contributed by atoms with van der Waals surface area (Å²) in [5, 5.41) is 0. The maximum atomic E-state index is 8.80. The summed E-state index contributed by atoms with van der Waals surface area (Å²) in [5.74, 6) is 0.550. The van der Waals surface area contributed by atoms with Crippen molar-refractivity contribution < 1.29 is 27.4 Å². The topological polar surface area (TPSA) is 77.3 Å². The molecule has 0 bridgehead atoms. The highest BCUT2D eigenvalue weighted by Crippen LogP contribution is 2.49. The molecule has 0 aliphatic heterocycles. The first-order chi connectivity index (χ1) is 72.4. The molecule has 0 aliphatic rings. The average Bonchev–Trinajstić information content (AvgIpc) is 0.732. The van der Waals surface area contributed by atoms with Gasteiger partial charge >= 0.3 is 0 Å². The van der Waals surface area contributed by atoms with Crippen LogP contribution in [-0.2, 0) is 0 Å². The van der Waals surface area contributed by atoms with Gasteiger partial charge in [-0.2, -0.15) is 0 Å². The van der Waals surface area contributed by atoms with Gasteiger partial charge in [0.2, 0.25) is 0 Å². The Bertz CT molecular complexity index is 8040. The molecule has 0 saturated heterocycles. The molecule has 6 heteroatoms. The molecule has 614 valence electrons. The van der Waals surface area contributed by atoms with Gasteiger partial charge in [-0.05, 0) is 261 Å². The Kier molecular flexibility index (Phi) is 16.7. The van der Waals surface area contributed by atoms with Crippen LogP contribution in [0.15, 0.2) is 461 Å². The fourth-order valence-corrected chi connectivity index (χ4v) is 17.4. The van der Waals surface area contributed by atoms with Gasteiger partial charge in [0, 0.05) is 87.3 Å². The zero-order valence-corrected chi connectivity index (χ0v) is 71.0. The van der Waals surface area contributed by atoms with Gasteiger partial charge in [-0.15, -0.1) is 0 Å². The van der Waals surface area contributed by atoms with Crippen molar-refractivity contribution in [2.75, 3.05) is 0 Å². The van der Waals surface area contributed by atoms with Gasteiger partial charge in [0.25, 0.3) is 0 Å². The van der Waals surface area contributed by atoms with Gasteiger partial charge in [0.05, 0.1) is 50.2 Å². The summed E-state index contributed by atoms with van der Waals surface area (Å²) < 4.78 is 171. The van der Waals surface area contributed by atoms with Crippen molar-refractivity contribution >= 4 is 0 Å². The largest absolute Gasteiger partial charge is 0.256 e. The zero-order valence-electron chi connectivity index (χ0n) is 91.0. The second kappa shape index (κ2) is 35.7. The van der Waals surface area contributed by atoms with Gasteiger partial charge in [0.1, 0.15) is 0 Å². The summed E-state index contributed by atoms with van der Waals surface area (Å²) in [5.41, 5.74) is 31.1. The highest BCUT2D eigenvalue weighted by Gasteiger charge is 2.24. The van der Waals surface area contributed by atoms with Gasteiger partial charge < -0.3 is 0 Å². The molecule has 0 spiro atoms. The van der Waals surface area contributed by atoms with E-state index in [0.29, 0.717) is 73.1 Å². The number of aryl methyl sites for hydroxylation is 4. The highest BCUT2D eigenvalue weighted by molar-refractivity contribution is 6.02. The molecule has 0 saturated carbocycles. The van der Waals surface area contributed by atoms with E-state index < -0.39 is 72.5 Å². The van der Waals surface area contributed by atoms with E-state index in [1.165, 1.54) is 0 Å². The number of hydrogen-bond acceptors (Lipinski definition) is 6. The lowest BCUT2D eigenvalue weighted by Gasteiger charge is -2.21. The average molecular weight is 1680 g/mol. The van der Waals surface area contributed by atoms with E-state index in [4.69, 9.17) is 57.3 Å². The van der Waals surface area contributed by atoms with E-state index in [1.54, 1.807) is 43.2 Å². The van der Waals surface area contributed by atoms with Crippen LogP contribution in [0.25, 0.3) is 223 Å². The maximum Gasteiger partial charge on any atom is 0.159 e. The molecule has 130 heavy (non-hydrogen) atoms. The summed E-state index contributed by atoms with van der Waals surface area (Å²) >= 11 is 0. The van der Waals surface area contributed by atoms with E-state index in [2.05, 4.69) is 176 Å². The first-order valence-electron chi connectivity index (χ1n) is 52.6. The Morgan fingerprint density at radius 3 is 0.615 bits per heavy atom. The minimum atomic E-state index is -0.473. The molecule has 16 aromatic carbocycles. The Balaban J connectivity index is 0.737. The maximum absolute atomic E-state index is 8.80. The third-order valence-electron chi connectivity index (χ3n) is 24.0. The van der Waals surface area contributed by atoms with Crippen LogP contribution in [0.3, 0.4) is 0 Å². The number of benzene rings is 16. The molecule has 0 fully saturated rings. The van der Waals surface area contributed by atoms with Crippen molar-refractivity contribution in [2.45, 2.75) is 27.7 Å². The minimum Gasteiger partial charge on any atom is -0.256 e. The number of aromatic nitrogens is 6. The molecule has 0 radical (unpaired) electrons. The monoisotopic (exact) mass is 1680 g/mol. The van der Waals surface area contributed by atoms with Crippen molar-refractivity contribution in [1.82, 2.24) is 29.9 Å². The van der Waals surface area contributed by atoms with Crippen LogP contribution in [0.5, 0.6) is 0 Å².